The molecule has 1 aromatic carbocycles. The van der Waals surface area contributed by atoms with Gasteiger partial charge in [0.1, 0.15) is 5.75 Å². The number of aryl methyl sites for hydroxylation is 1. The molecule has 0 atom stereocenters. The van der Waals surface area contributed by atoms with E-state index in [1.54, 1.807) is 24.4 Å². The topological polar surface area (TPSA) is 72.3 Å². The van der Waals surface area contributed by atoms with Gasteiger partial charge in [0.15, 0.2) is 11.7 Å². The Morgan fingerprint density at radius 2 is 2.25 bits per heavy atom. The molecule has 4 nitrogen and oxygen atoms in total. The molecule has 2 aromatic rings. The lowest BCUT2D eigenvalue weighted by molar-refractivity contribution is 0.474. The smallest absolute Gasteiger partial charge is 0.194 e. The van der Waals surface area contributed by atoms with Gasteiger partial charge in [-0.2, -0.15) is 0 Å². The first-order chi connectivity index (χ1) is 7.79. The molecule has 84 valence electrons. The molecule has 0 aliphatic heterocycles. The molecule has 0 spiro atoms. The van der Waals surface area contributed by atoms with Gasteiger partial charge in [-0.25, -0.2) is 4.98 Å². The van der Waals surface area contributed by atoms with Crippen LogP contribution < -0.4 is 5.73 Å². The van der Waals surface area contributed by atoms with E-state index in [2.05, 4.69) is 4.98 Å². The fourth-order valence-corrected chi connectivity index (χ4v) is 1.47. The first-order valence-electron chi connectivity index (χ1n) is 5.24. The first kappa shape index (κ1) is 10.7. The van der Waals surface area contributed by atoms with Crippen molar-refractivity contribution in [3.05, 3.63) is 36.4 Å². The third kappa shape index (κ3) is 2.41. The van der Waals surface area contributed by atoms with E-state index in [1.807, 2.05) is 6.07 Å². The zero-order valence-corrected chi connectivity index (χ0v) is 8.89. The molecule has 0 amide bonds. The Morgan fingerprint density at radius 1 is 1.38 bits per heavy atom. The van der Waals surface area contributed by atoms with Crippen LogP contribution in [-0.4, -0.2) is 16.6 Å². The molecular formula is C12H14N2O2. The van der Waals surface area contributed by atoms with Crippen LogP contribution >= 0.6 is 0 Å². The van der Waals surface area contributed by atoms with Crippen LogP contribution in [0.4, 0.5) is 0 Å². The van der Waals surface area contributed by atoms with Gasteiger partial charge in [-0.3, -0.25) is 0 Å². The number of nitrogens with zero attached hydrogens (tertiary/aromatic N) is 1. The molecule has 2 rings (SSSR count). The largest absolute Gasteiger partial charge is 0.508 e. The molecule has 1 aromatic heterocycles. The minimum absolute atomic E-state index is 0.220. The summed E-state index contributed by atoms with van der Waals surface area (Å²) < 4.78 is 5.55. The Hall–Kier alpha value is -1.81. The van der Waals surface area contributed by atoms with Crippen molar-refractivity contribution in [1.82, 2.24) is 4.98 Å². The Balaban J connectivity index is 2.18. The van der Waals surface area contributed by atoms with Gasteiger partial charge >= 0.3 is 0 Å². The average molecular weight is 218 g/mol. The van der Waals surface area contributed by atoms with Crippen LogP contribution in [0.3, 0.4) is 0 Å². The van der Waals surface area contributed by atoms with E-state index in [0.717, 1.165) is 18.4 Å². The van der Waals surface area contributed by atoms with Gasteiger partial charge < -0.3 is 15.3 Å². The Morgan fingerprint density at radius 3 is 3.00 bits per heavy atom. The third-order valence-corrected chi connectivity index (χ3v) is 2.28. The number of phenolic OH excluding ortho intramolecular Hbond substituents is 1. The number of rotatable bonds is 4. The molecule has 1 heterocycles. The highest BCUT2D eigenvalue weighted by molar-refractivity contribution is 5.58. The summed E-state index contributed by atoms with van der Waals surface area (Å²) in [4.78, 5) is 4.16. The van der Waals surface area contributed by atoms with Crippen molar-refractivity contribution in [3.8, 4) is 17.1 Å². The Bertz CT molecular complexity index is 466. The number of aromatic hydroxyl groups is 1. The van der Waals surface area contributed by atoms with E-state index in [4.69, 9.17) is 10.2 Å². The molecule has 0 unspecified atom stereocenters. The maximum absolute atomic E-state index is 9.34. The van der Waals surface area contributed by atoms with Gasteiger partial charge in [0.05, 0.1) is 6.20 Å². The molecule has 0 saturated heterocycles. The fourth-order valence-electron chi connectivity index (χ4n) is 1.47. The van der Waals surface area contributed by atoms with Crippen LogP contribution in [0.2, 0.25) is 0 Å². The minimum atomic E-state index is 0.220. The second-order valence-electron chi connectivity index (χ2n) is 3.56. The van der Waals surface area contributed by atoms with E-state index in [-0.39, 0.29) is 5.75 Å². The van der Waals surface area contributed by atoms with Gasteiger partial charge in [0.25, 0.3) is 0 Å². The van der Waals surface area contributed by atoms with Crippen molar-refractivity contribution in [2.45, 2.75) is 12.8 Å². The number of aromatic nitrogens is 1. The zero-order chi connectivity index (χ0) is 11.4. The van der Waals surface area contributed by atoms with Crippen LogP contribution in [0.15, 0.2) is 34.9 Å². The first-order valence-corrected chi connectivity index (χ1v) is 5.24. The van der Waals surface area contributed by atoms with Crippen LogP contribution in [-0.2, 0) is 6.42 Å². The number of benzene rings is 1. The molecular weight excluding hydrogens is 204 g/mol. The summed E-state index contributed by atoms with van der Waals surface area (Å²) in [6.45, 7) is 0.629. The summed E-state index contributed by atoms with van der Waals surface area (Å²) in [7, 11) is 0. The van der Waals surface area contributed by atoms with Crippen molar-refractivity contribution in [2.75, 3.05) is 6.54 Å². The molecule has 0 saturated carbocycles. The van der Waals surface area contributed by atoms with E-state index >= 15 is 0 Å². The Labute approximate surface area is 93.7 Å². The standard InChI is InChI=1S/C12H14N2O2/c13-6-2-5-12-14-8-11(16-12)9-3-1-4-10(15)7-9/h1,3-4,7-8,15H,2,5-6,13H2. The monoisotopic (exact) mass is 218 g/mol. The molecule has 0 aliphatic carbocycles. The maximum atomic E-state index is 9.34. The van der Waals surface area contributed by atoms with Gasteiger partial charge in [0.2, 0.25) is 0 Å². The van der Waals surface area contributed by atoms with E-state index < -0.39 is 0 Å². The summed E-state index contributed by atoms with van der Waals surface area (Å²) in [6, 6.07) is 6.90. The number of oxazole rings is 1. The van der Waals surface area contributed by atoms with Crippen LogP contribution in [0.1, 0.15) is 12.3 Å². The second-order valence-corrected chi connectivity index (χ2v) is 3.56. The van der Waals surface area contributed by atoms with E-state index in [9.17, 15) is 5.11 Å². The van der Waals surface area contributed by atoms with Gasteiger partial charge in [-0.1, -0.05) is 12.1 Å². The quantitative estimate of drug-likeness (QED) is 0.822. The van der Waals surface area contributed by atoms with Crippen molar-refractivity contribution in [2.24, 2.45) is 5.73 Å². The molecule has 0 aliphatic rings. The molecule has 16 heavy (non-hydrogen) atoms. The van der Waals surface area contributed by atoms with E-state index in [0.29, 0.717) is 18.2 Å². The van der Waals surface area contributed by atoms with Gasteiger partial charge in [-0.15, -0.1) is 0 Å². The highest BCUT2D eigenvalue weighted by Gasteiger charge is 2.06. The number of phenols is 1. The van der Waals surface area contributed by atoms with Crippen LogP contribution in [0, 0.1) is 0 Å². The highest BCUT2D eigenvalue weighted by atomic mass is 16.4. The van der Waals surface area contributed by atoms with Crippen molar-refractivity contribution < 1.29 is 9.52 Å². The summed E-state index contributed by atoms with van der Waals surface area (Å²) in [6.07, 6.45) is 3.27. The number of nitrogens with two attached hydrogens (primary N) is 1. The lowest BCUT2D eigenvalue weighted by Crippen LogP contribution is -2.00. The maximum Gasteiger partial charge on any atom is 0.194 e. The third-order valence-electron chi connectivity index (χ3n) is 2.28. The highest BCUT2D eigenvalue weighted by Crippen LogP contribution is 2.23. The molecule has 0 fully saturated rings. The number of hydrogen-bond donors (Lipinski definition) is 2. The molecule has 3 N–H and O–H groups in total. The second kappa shape index (κ2) is 4.81. The summed E-state index contributed by atoms with van der Waals surface area (Å²) in [5.74, 6) is 1.57. The van der Waals surface area contributed by atoms with E-state index in [1.165, 1.54) is 0 Å². The van der Waals surface area contributed by atoms with Crippen LogP contribution in [0.5, 0.6) is 5.75 Å². The van der Waals surface area contributed by atoms with Crippen LogP contribution in [0.25, 0.3) is 11.3 Å². The summed E-state index contributed by atoms with van der Waals surface area (Å²) in [5, 5.41) is 9.34. The average Bonchev–Trinajstić information content (AvgIpc) is 2.75. The predicted octanol–water partition coefficient (Wildman–Crippen LogP) is 1.94. The minimum Gasteiger partial charge on any atom is -0.508 e. The van der Waals surface area contributed by atoms with Crippen molar-refractivity contribution in [1.29, 1.82) is 0 Å². The molecule has 4 heteroatoms. The van der Waals surface area contributed by atoms with Crippen molar-refractivity contribution >= 4 is 0 Å². The fraction of sp³-hybridized carbons (Fsp3) is 0.250. The Kier molecular flexibility index (Phi) is 3.22. The lowest BCUT2D eigenvalue weighted by atomic mass is 10.2. The van der Waals surface area contributed by atoms with Gasteiger partial charge in [-0.05, 0) is 25.1 Å². The normalized spacial score (nSPS) is 10.6. The number of hydrogen-bond acceptors (Lipinski definition) is 4. The summed E-state index contributed by atoms with van der Waals surface area (Å²) >= 11 is 0. The zero-order valence-electron chi connectivity index (χ0n) is 8.89. The predicted molar refractivity (Wildman–Crippen MR) is 61.0 cm³/mol. The SMILES string of the molecule is NCCCc1ncc(-c2cccc(O)c2)o1. The molecule has 0 radical (unpaired) electrons. The van der Waals surface area contributed by atoms with Crippen molar-refractivity contribution in [3.63, 3.8) is 0 Å². The lowest BCUT2D eigenvalue weighted by Gasteiger charge is -1.97. The van der Waals surface area contributed by atoms with Gasteiger partial charge in [0, 0.05) is 12.0 Å². The summed E-state index contributed by atoms with van der Waals surface area (Å²) in [5.41, 5.74) is 6.24. The molecule has 0 bridgehead atoms.